The van der Waals surface area contributed by atoms with Crippen LogP contribution in [0.15, 0.2) is 0 Å². The molecule has 0 spiro atoms. The lowest BCUT2D eigenvalue weighted by atomic mass is 10.2. The number of unbranched alkanes of at least 4 members (excludes halogenated alkanes) is 2. The Hall–Kier alpha value is -0.900. The molecule has 0 radical (unpaired) electrons. The maximum atomic E-state index is 11.2. The summed E-state index contributed by atoms with van der Waals surface area (Å²) in [6.45, 7) is 3.25. The second-order valence-electron chi connectivity index (χ2n) is 3.72. The average molecular weight is 214 g/mol. The minimum Gasteiger partial charge on any atom is -0.356 e. The van der Waals surface area contributed by atoms with Crippen molar-refractivity contribution < 1.29 is 9.59 Å². The monoisotopic (exact) mass is 214 g/mol. The maximum Gasteiger partial charge on any atom is 0.220 e. The Morgan fingerprint density at radius 2 is 1.67 bits per heavy atom. The first kappa shape index (κ1) is 14.1. The average Bonchev–Trinajstić information content (AvgIpc) is 2.20. The van der Waals surface area contributed by atoms with Crippen molar-refractivity contribution in [1.82, 2.24) is 10.6 Å². The fourth-order valence-corrected chi connectivity index (χ4v) is 1.21. The number of nitrogens with one attached hydrogen (secondary N) is 2. The van der Waals surface area contributed by atoms with Crippen LogP contribution in [0.2, 0.25) is 0 Å². The predicted octanol–water partition coefficient (Wildman–Crippen LogP) is 0.861. The highest BCUT2D eigenvalue weighted by Gasteiger charge is 2.01. The molecule has 4 heteroatoms. The van der Waals surface area contributed by atoms with Crippen LogP contribution in [-0.4, -0.2) is 31.8 Å². The van der Waals surface area contributed by atoms with Crippen molar-refractivity contribution in [2.24, 2.45) is 0 Å². The summed E-state index contributed by atoms with van der Waals surface area (Å²) in [7, 11) is 1.93. The molecule has 15 heavy (non-hydrogen) atoms. The van der Waals surface area contributed by atoms with Crippen molar-refractivity contribution in [2.45, 2.75) is 39.0 Å². The van der Waals surface area contributed by atoms with Crippen molar-refractivity contribution in [3.05, 3.63) is 0 Å². The summed E-state index contributed by atoms with van der Waals surface area (Å²) in [6.07, 6.45) is 3.94. The summed E-state index contributed by atoms with van der Waals surface area (Å²) in [5, 5.41) is 5.88. The van der Waals surface area contributed by atoms with E-state index < -0.39 is 0 Å². The molecule has 0 fully saturated rings. The van der Waals surface area contributed by atoms with E-state index in [0.29, 0.717) is 12.8 Å². The Balaban J connectivity index is 3.20. The number of hydrogen-bond donors (Lipinski definition) is 2. The molecule has 0 saturated heterocycles. The molecule has 0 saturated carbocycles. The van der Waals surface area contributed by atoms with Crippen LogP contribution in [0.4, 0.5) is 0 Å². The summed E-state index contributed by atoms with van der Waals surface area (Å²) in [6, 6.07) is 0. The molecule has 0 aromatic rings. The fraction of sp³-hybridized carbons (Fsp3) is 0.818. The molecule has 0 unspecified atom stereocenters. The zero-order valence-corrected chi connectivity index (χ0v) is 9.77. The van der Waals surface area contributed by atoms with Gasteiger partial charge in [0.15, 0.2) is 0 Å². The van der Waals surface area contributed by atoms with Gasteiger partial charge >= 0.3 is 0 Å². The largest absolute Gasteiger partial charge is 0.356 e. The number of ketones is 1. The molecular weight excluding hydrogens is 192 g/mol. The van der Waals surface area contributed by atoms with Crippen LogP contribution in [0, 0.1) is 0 Å². The number of rotatable bonds is 9. The summed E-state index contributed by atoms with van der Waals surface area (Å²) in [4.78, 5) is 21.8. The highest BCUT2D eigenvalue weighted by atomic mass is 16.2. The smallest absolute Gasteiger partial charge is 0.220 e. The van der Waals surface area contributed by atoms with E-state index in [-0.39, 0.29) is 11.7 Å². The van der Waals surface area contributed by atoms with E-state index in [4.69, 9.17) is 0 Å². The highest BCUT2D eigenvalue weighted by molar-refractivity contribution is 5.83. The Labute approximate surface area is 91.8 Å². The van der Waals surface area contributed by atoms with Crippen molar-refractivity contribution in [3.8, 4) is 0 Å². The first-order chi connectivity index (χ1) is 7.16. The fourth-order valence-electron chi connectivity index (χ4n) is 1.21. The Morgan fingerprint density at radius 3 is 2.27 bits per heavy atom. The molecule has 0 aliphatic heterocycles. The van der Waals surface area contributed by atoms with Crippen LogP contribution in [0.1, 0.15) is 39.0 Å². The SMILES string of the molecule is CNCCCCCNC(=O)CCC(C)=O. The van der Waals surface area contributed by atoms with Gasteiger partial charge in [-0.1, -0.05) is 6.42 Å². The van der Waals surface area contributed by atoms with E-state index in [1.807, 2.05) is 7.05 Å². The van der Waals surface area contributed by atoms with Gasteiger partial charge in [0.25, 0.3) is 0 Å². The van der Waals surface area contributed by atoms with Crippen molar-refractivity contribution in [2.75, 3.05) is 20.1 Å². The van der Waals surface area contributed by atoms with Gasteiger partial charge < -0.3 is 15.4 Å². The lowest BCUT2D eigenvalue weighted by Crippen LogP contribution is -2.24. The molecule has 1 amide bonds. The van der Waals surface area contributed by atoms with Crippen LogP contribution in [0.25, 0.3) is 0 Å². The number of hydrogen-bond acceptors (Lipinski definition) is 3. The molecule has 0 aliphatic carbocycles. The second-order valence-corrected chi connectivity index (χ2v) is 3.72. The molecule has 0 heterocycles. The topological polar surface area (TPSA) is 58.2 Å². The molecular formula is C11H22N2O2. The molecule has 0 rings (SSSR count). The van der Waals surface area contributed by atoms with Crippen LogP contribution < -0.4 is 10.6 Å². The van der Waals surface area contributed by atoms with Gasteiger partial charge in [0.2, 0.25) is 5.91 Å². The van der Waals surface area contributed by atoms with Gasteiger partial charge in [-0.3, -0.25) is 4.79 Å². The predicted molar refractivity (Wildman–Crippen MR) is 60.7 cm³/mol. The Kier molecular flexibility index (Phi) is 9.07. The first-order valence-corrected chi connectivity index (χ1v) is 5.57. The molecule has 0 aromatic heterocycles. The van der Waals surface area contributed by atoms with E-state index in [9.17, 15) is 9.59 Å². The van der Waals surface area contributed by atoms with E-state index in [2.05, 4.69) is 10.6 Å². The van der Waals surface area contributed by atoms with Gasteiger partial charge in [-0.2, -0.15) is 0 Å². The van der Waals surface area contributed by atoms with E-state index >= 15 is 0 Å². The van der Waals surface area contributed by atoms with E-state index in [1.165, 1.54) is 6.92 Å². The molecule has 0 bridgehead atoms. The zero-order valence-electron chi connectivity index (χ0n) is 9.77. The van der Waals surface area contributed by atoms with Gasteiger partial charge in [0.1, 0.15) is 5.78 Å². The van der Waals surface area contributed by atoms with Gasteiger partial charge in [0.05, 0.1) is 0 Å². The zero-order chi connectivity index (χ0) is 11.5. The van der Waals surface area contributed by atoms with Crippen LogP contribution in [0.5, 0.6) is 0 Å². The highest BCUT2D eigenvalue weighted by Crippen LogP contribution is 1.94. The quantitative estimate of drug-likeness (QED) is 0.560. The Bertz CT molecular complexity index is 193. The van der Waals surface area contributed by atoms with Crippen molar-refractivity contribution >= 4 is 11.7 Å². The van der Waals surface area contributed by atoms with Crippen LogP contribution >= 0.6 is 0 Å². The van der Waals surface area contributed by atoms with E-state index in [1.54, 1.807) is 0 Å². The number of carbonyl (C=O) groups is 2. The van der Waals surface area contributed by atoms with Crippen molar-refractivity contribution in [1.29, 1.82) is 0 Å². The third kappa shape index (κ3) is 11.0. The normalized spacial score (nSPS) is 10.0. The standard InChI is InChI=1S/C11H22N2O2/c1-10(14)6-7-11(15)13-9-5-3-4-8-12-2/h12H,3-9H2,1-2H3,(H,13,15). The number of carbonyl (C=O) groups excluding carboxylic acids is 2. The molecule has 88 valence electrons. The van der Waals surface area contributed by atoms with Crippen molar-refractivity contribution in [3.63, 3.8) is 0 Å². The minimum atomic E-state index is -0.0150. The first-order valence-electron chi connectivity index (χ1n) is 5.57. The molecule has 0 atom stereocenters. The summed E-state index contributed by atoms with van der Waals surface area (Å²) >= 11 is 0. The molecule has 0 aliphatic rings. The lowest BCUT2D eigenvalue weighted by molar-refractivity contribution is -0.124. The molecule has 0 aromatic carbocycles. The third-order valence-electron chi connectivity index (χ3n) is 2.13. The van der Waals surface area contributed by atoms with Crippen LogP contribution in [0.3, 0.4) is 0 Å². The number of Topliss-reactive ketones (excluding diaryl/α,β-unsaturated/α-hetero) is 1. The minimum absolute atomic E-state index is 0.0150. The summed E-state index contributed by atoms with van der Waals surface area (Å²) in [5.41, 5.74) is 0. The molecule has 4 nitrogen and oxygen atoms in total. The van der Waals surface area contributed by atoms with E-state index in [0.717, 1.165) is 32.4 Å². The summed E-state index contributed by atoms with van der Waals surface area (Å²) in [5.74, 6) is 0.0537. The Morgan fingerprint density at radius 1 is 1.00 bits per heavy atom. The van der Waals surface area contributed by atoms with Crippen LogP contribution in [-0.2, 0) is 9.59 Å². The summed E-state index contributed by atoms with van der Waals surface area (Å²) < 4.78 is 0. The van der Waals surface area contributed by atoms with Gasteiger partial charge in [-0.25, -0.2) is 0 Å². The maximum absolute atomic E-state index is 11.2. The second kappa shape index (κ2) is 9.65. The third-order valence-corrected chi connectivity index (χ3v) is 2.13. The lowest BCUT2D eigenvalue weighted by Gasteiger charge is -2.04. The van der Waals surface area contributed by atoms with Gasteiger partial charge in [-0.05, 0) is 33.4 Å². The number of amides is 1. The molecule has 2 N–H and O–H groups in total. The van der Waals surface area contributed by atoms with Gasteiger partial charge in [-0.15, -0.1) is 0 Å². The van der Waals surface area contributed by atoms with Gasteiger partial charge in [0, 0.05) is 19.4 Å².